The fourth-order valence-electron chi connectivity index (χ4n) is 4.18. The number of fused-ring (bicyclic) bond motifs is 3. The molecule has 12 heteroatoms. The standard InChI is InChI=1S/C26H18F3N3O5S/c1-13-8-14(2)23-18(9-13)31-24(33)22(38-25(31)30-23)11-15-4-6-20(21(10-15)36-3)37-19-7-5-16(32(34)35)12-17(19)26(27,28)29/h4-12H,1-3H3/b22-11+. The summed E-state index contributed by atoms with van der Waals surface area (Å²) in [5.41, 5.74) is 1.78. The number of ether oxygens (including phenoxy) is 2. The van der Waals surface area contributed by atoms with E-state index in [2.05, 4.69) is 4.98 Å². The molecule has 0 fully saturated rings. The quantitative estimate of drug-likeness (QED) is 0.206. The molecule has 2 aromatic heterocycles. The van der Waals surface area contributed by atoms with Crippen molar-refractivity contribution in [2.45, 2.75) is 20.0 Å². The third kappa shape index (κ3) is 4.43. The number of hydrogen-bond acceptors (Lipinski definition) is 7. The molecule has 38 heavy (non-hydrogen) atoms. The van der Waals surface area contributed by atoms with Crippen molar-refractivity contribution in [2.24, 2.45) is 0 Å². The van der Waals surface area contributed by atoms with E-state index < -0.39 is 28.1 Å². The number of benzene rings is 3. The van der Waals surface area contributed by atoms with E-state index in [0.29, 0.717) is 21.1 Å². The van der Waals surface area contributed by atoms with Crippen molar-refractivity contribution in [3.05, 3.63) is 95.8 Å². The topological polar surface area (TPSA) is 96.0 Å². The Kier molecular flexibility index (Phi) is 6.06. The molecule has 0 aliphatic carbocycles. The Morgan fingerprint density at radius 2 is 1.79 bits per heavy atom. The molecule has 0 aliphatic heterocycles. The van der Waals surface area contributed by atoms with Crippen molar-refractivity contribution in [3.8, 4) is 17.2 Å². The zero-order chi connectivity index (χ0) is 27.4. The summed E-state index contributed by atoms with van der Waals surface area (Å²) in [4.78, 5) is 28.4. The van der Waals surface area contributed by atoms with Crippen LogP contribution in [0.1, 0.15) is 22.3 Å². The second-order valence-corrected chi connectivity index (χ2v) is 9.55. The summed E-state index contributed by atoms with van der Waals surface area (Å²) in [5, 5.41) is 10.9. The highest BCUT2D eigenvalue weighted by atomic mass is 32.1. The Labute approximate surface area is 216 Å². The van der Waals surface area contributed by atoms with Crippen LogP contribution in [0.2, 0.25) is 0 Å². The summed E-state index contributed by atoms with van der Waals surface area (Å²) in [6.45, 7) is 3.88. The number of imidazole rings is 1. The molecule has 0 bridgehead atoms. The van der Waals surface area contributed by atoms with Crippen molar-refractivity contribution >= 4 is 39.1 Å². The summed E-state index contributed by atoms with van der Waals surface area (Å²) in [5.74, 6) is -0.545. The average molecular weight is 542 g/mol. The number of methoxy groups -OCH3 is 1. The van der Waals surface area contributed by atoms with Crippen molar-refractivity contribution in [1.29, 1.82) is 0 Å². The van der Waals surface area contributed by atoms with Crippen molar-refractivity contribution in [2.75, 3.05) is 7.11 Å². The largest absolute Gasteiger partial charge is 0.493 e. The molecule has 0 aliphatic rings. The second-order valence-electron chi connectivity index (χ2n) is 8.54. The van der Waals surface area contributed by atoms with E-state index >= 15 is 0 Å². The number of aryl methyl sites for hydroxylation is 2. The van der Waals surface area contributed by atoms with E-state index in [9.17, 15) is 28.1 Å². The van der Waals surface area contributed by atoms with Gasteiger partial charge in [0.1, 0.15) is 11.3 Å². The Bertz CT molecular complexity index is 1860. The first-order chi connectivity index (χ1) is 18.0. The molecule has 0 amide bonds. The summed E-state index contributed by atoms with van der Waals surface area (Å²) in [6.07, 6.45) is -3.25. The zero-order valence-electron chi connectivity index (χ0n) is 20.1. The van der Waals surface area contributed by atoms with Crippen LogP contribution < -0.4 is 19.6 Å². The first-order valence-corrected chi connectivity index (χ1v) is 11.9. The number of rotatable bonds is 5. The van der Waals surface area contributed by atoms with E-state index in [1.54, 1.807) is 16.5 Å². The highest BCUT2D eigenvalue weighted by molar-refractivity contribution is 7.15. The van der Waals surface area contributed by atoms with Crippen LogP contribution in [-0.4, -0.2) is 21.4 Å². The molecule has 0 atom stereocenters. The first kappa shape index (κ1) is 25.2. The van der Waals surface area contributed by atoms with E-state index in [-0.39, 0.29) is 17.1 Å². The van der Waals surface area contributed by atoms with Gasteiger partial charge in [-0.15, -0.1) is 0 Å². The van der Waals surface area contributed by atoms with Crippen LogP contribution in [-0.2, 0) is 6.18 Å². The number of nitro groups is 1. The number of alkyl halides is 3. The van der Waals surface area contributed by atoms with Crippen LogP contribution in [0.25, 0.3) is 22.1 Å². The molecule has 0 saturated heterocycles. The van der Waals surface area contributed by atoms with Crippen molar-refractivity contribution in [3.63, 3.8) is 0 Å². The number of nitrogens with zero attached hydrogens (tertiary/aromatic N) is 3. The number of aromatic nitrogens is 2. The minimum atomic E-state index is -4.88. The minimum Gasteiger partial charge on any atom is -0.493 e. The molecule has 0 unspecified atom stereocenters. The molecule has 0 radical (unpaired) electrons. The minimum absolute atomic E-state index is 0.0377. The monoisotopic (exact) mass is 541 g/mol. The lowest BCUT2D eigenvalue weighted by atomic mass is 10.1. The van der Waals surface area contributed by atoms with Gasteiger partial charge in [-0.25, -0.2) is 9.38 Å². The maximum atomic E-state index is 13.5. The van der Waals surface area contributed by atoms with Crippen LogP contribution >= 0.6 is 11.3 Å². The summed E-state index contributed by atoms with van der Waals surface area (Å²) < 4.78 is 53.4. The first-order valence-electron chi connectivity index (χ1n) is 11.1. The van der Waals surface area contributed by atoms with Gasteiger partial charge in [-0.1, -0.05) is 23.5 Å². The molecule has 0 saturated carbocycles. The van der Waals surface area contributed by atoms with E-state index in [1.807, 2.05) is 26.0 Å². The van der Waals surface area contributed by atoms with Gasteiger partial charge in [0.2, 0.25) is 0 Å². The van der Waals surface area contributed by atoms with Crippen molar-refractivity contribution in [1.82, 2.24) is 9.38 Å². The lowest BCUT2D eigenvalue weighted by molar-refractivity contribution is -0.385. The number of hydrogen-bond donors (Lipinski definition) is 0. The van der Waals surface area contributed by atoms with Gasteiger partial charge in [0.15, 0.2) is 16.5 Å². The summed E-state index contributed by atoms with van der Waals surface area (Å²) in [7, 11) is 1.32. The van der Waals surface area contributed by atoms with Gasteiger partial charge in [-0.05, 0) is 60.9 Å². The SMILES string of the molecule is COc1cc(/C=c2/sc3nc4c(C)cc(C)cc4n3c2=O)ccc1Oc1ccc([N+](=O)[O-])cc1C(F)(F)F. The van der Waals surface area contributed by atoms with Crippen molar-refractivity contribution < 1.29 is 27.6 Å². The van der Waals surface area contributed by atoms with Crippen LogP contribution in [0.5, 0.6) is 17.2 Å². The molecule has 3 aromatic carbocycles. The smallest absolute Gasteiger partial charge is 0.420 e. The lowest BCUT2D eigenvalue weighted by Gasteiger charge is -2.15. The molecule has 194 valence electrons. The van der Waals surface area contributed by atoms with Crippen LogP contribution in [0, 0.1) is 24.0 Å². The van der Waals surface area contributed by atoms with Crippen LogP contribution in [0.3, 0.4) is 0 Å². The maximum absolute atomic E-state index is 13.5. The van der Waals surface area contributed by atoms with Crippen LogP contribution in [0.4, 0.5) is 18.9 Å². The predicted molar refractivity (Wildman–Crippen MR) is 136 cm³/mol. The fraction of sp³-hybridized carbons (Fsp3) is 0.154. The summed E-state index contributed by atoms with van der Waals surface area (Å²) in [6, 6.07) is 10.6. The summed E-state index contributed by atoms with van der Waals surface area (Å²) >= 11 is 1.22. The normalized spacial score (nSPS) is 12.4. The van der Waals surface area contributed by atoms with Gasteiger partial charge in [0, 0.05) is 12.1 Å². The predicted octanol–water partition coefficient (Wildman–Crippen LogP) is 5.80. The van der Waals surface area contributed by atoms with Gasteiger partial charge >= 0.3 is 6.18 Å². The number of thiazole rings is 1. The van der Waals surface area contributed by atoms with E-state index in [0.717, 1.165) is 34.3 Å². The van der Waals surface area contributed by atoms with Gasteiger partial charge in [0.25, 0.3) is 11.2 Å². The number of halogens is 3. The Hall–Kier alpha value is -4.45. The number of nitro benzene ring substituents is 1. The molecule has 5 rings (SSSR count). The third-order valence-electron chi connectivity index (χ3n) is 5.86. The number of non-ortho nitro benzene ring substituents is 1. The lowest BCUT2D eigenvalue weighted by Crippen LogP contribution is -2.22. The zero-order valence-corrected chi connectivity index (χ0v) is 20.9. The van der Waals surface area contributed by atoms with Gasteiger partial charge < -0.3 is 9.47 Å². The Balaban J connectivity index is 1.55. The Morgan fingerprint density at radius 3 is 2.47 bits per heavy atom. The molecule has 0 N–H and O–H groups in total. The second kappa shape index (κ2) is 9.14. The van der Waals surface area contributed by atoms with E-state index in [1.165, 1.54) is 30.6 Å². The van der Waals surface area contributed by atoms with Gasteiger partial charge in [-0.2, -0.15) is 13.2 Å². The molecule has 2 heterocycles. The fourth-order valence-corrected chi connectivity index (χ4v) is 5.16. The van der Waals surface area contributed by atoms with Gasteiger partial charge in [0.05, 0.1) is 27.6 Å². The average Bonchev–Trinajstić information content (AvgIpc) is 3.36. The molecular formula is C26H18F3N3O5S. The maximum Gasteiger partial charge on any atom is 0.420 e. The highest BCUT2D eigenvalue weighted by Crippen LogP contribution is 2.42. The highest BCUT2D eigenvalue weighted by Gasteiger charge is 2.36. The molecule has 8 nitrogen and oxygen atoms in total. The molecule has 0 spiro atoms. The molecular weight excluding hydrogens is 523 g/mol. The van der Waals surface area contributed by atoms with Crippen LogP contribution in [0.15, 0.2) is 53.3 Å². The third-order valence-corrected chi connectivity index (χ3v) is 6.83. The molecule has 5 aromatic rings. The van der Waals surface area contributed by atoms with Gasteiger partial charge in [-0.3, -0.25) is 14.9 Å². The Morgan fingerprint density at radius 1 is 1.05 bits per heavy atom. The van der Waals surface area contributed by atoms with E-state index in [4.69, 9.17) is 9.47 Å².